The Morgan fingerprint density at radius 3 is 2.79 bits per heavy atom. The molecular formula is C25H26FN3O4. The van der Waals surface area contributed by atoms with E-state index in [1.807, 2.05) is 29.2 Å². The van der Waals surface area contributed by atoms with E-state index in [-0.39, 0.29) is 54.4 Å². The molecule has 0 aromatic heterocycles. The Morgan fingerprint density at radius 2 is 2.00 bits per heavy atom. The molecule has 2 fully saturated rings. The van der Waals surface area contributed by atoms with E-state index in [2.05, 4.69) is 5.10 Å². The molecule has 1 N–H and O–H groups in total. The standard InChI is InChI=1S/C25H26FN3O4/c1-32-21-7-3-2-5-18(21)22(16-8-10-17(26)11-9-16)23-19-6-4-13-28(19)25(31)24-20(30)15-33-14-12-27-29(23)24/h2-3,5,7-12,19,22-23,30H,4,6,13-15H2,1H3/b24-20+,27-12-/t19-,22-,23-/m1/s1. The fourth-order valence-electron chi connectivity index (χ4n) is 5.25. The third-order valence-corrected chi connectivity index (χ3v) is 6.62. The van der Waals surface area contributed by atoms with Crippen LogP contribution in [-0.2, 0) is 9.53 Å². The van der Waals surface area contributed by atoms with Crippen LogP contribution in [0.5, 0.6) is 5.75 Å². The van der Waals surface area contributed by atoms with Gasteiger partial charge in [-0.25, -0.2) is 4.39 Å². The van der Waals surface area contributed by atoms with Gasteiger partial charge in [0.05, 0.1) is 32.0 Å². The molecule has 3 aliphatic heterocycles. The molecule has 2 aromatic rings. The van der Waals surface area contributed by atoms with Crippen LogP contribution in [0.2, 0.25) is 0 Å². The number of hydrazone groups is 1. The van der Waals surface area contributed by atoms with Crippen molar-refractivity contribution in [2.24, 2.45) is 5.10 Å². The zero-order chi connectivity index (χ0) is 22.9. The van der Waals surface area contributed by atoms with Crippen LogP contribution in [0.3, 0.4) is 0 Å². The van der Waals surface area contributed by atoms with Gasteiger partial charge in [-0.1, -0.05) is 30.3 Å². The van der Waals surface area contributed by atoms with E-state index in [9.17, 15) is 14.3 Å². The predicted molar refractivity (Wildman–Crippen MR) is 121 cm³/mol. The van der Waals surface area contributed by atoms with Crippen LogP contribution in [0.1, 0.15) is 29.9 Å². The minimum atomic E-state index is -0.335. The van der Waals surface area contributed by atoms with Gasteiger partial charge in [0.1, 0.15) is 23.9 Å². The van der Waals surface area contributed by atoms with Crippen LogP contribution < -0.4 is 4.74 Å². The van der Waals surface area contributed by atoms with Crippen molar-refractivity contribution < 1.29 is 23.8 Å². The van der Waals surface area contributed by atoms with Crippen LogP contribution in [0.15, 0.2) is 65.1 Å². The van der Waals surface area contributed by atoms with Crippen molar-refractivity contribution in [1.82, 2.24) is 9.91 Å². The summed E-state index contributed by atoms with van der Waals surface area (Å²) >= 11 is 0. The number of carbonyl (C=O) groups excluding carboxylic acids is 1. The Balaban J connectivity index is 1.74. The number of nitrogens with zero attached hydrogens (tertiary/aromatic N) is 3. The number of aliphatic hydroxyl groups is 1. The normalized spacial score (nSPS) is 26.8. The maximum absolute atomic E-state index is 13.9. The number of piperazine rings is 1. The van der Waals surface area contributed by atoms with Gasteiger partial charge < -0.3 is 19.5 Å². The van der Waals surface area contributed by atoms with E-state index in [1.165, 1.54) is 12.1 Å². The van der Waals surface area contributed by atoms with Gasteiger partial charge in [-0.15, -0.1) is 0 Å². The Morgan fingerprint density at radius 1 is 1.21 bits per heavy atom. The second-order valence-electron chi connectivity index (χ2n) is 8.42. The van der Waals surface area contributed by atoms with Gasteiger partial charge in [-0.05, 0) is 36.6 Å². The van der Waals surface area contributed by atoms with Crippen molar-refractivity contribution in [2.45, 2.75) is 30.8 Å². The minimum absolute atomic E-state index is 0.0648. The van der Waals surface area contributed by atoms with Gasteiger partial charge in [0.25, 0.3) is 5.91 Å². The first-order chi connectivity index (χ1) is 16.1. The van der Waals surface area contributed by atoms with Crippen LogP contribution in [0.4, 0.5) is 4.39 Å². The average Bonchev–Trinajstić information content (AvgIpc) is 3.31. The van der Waals surface area contributed by atoms with E-state index in [4.69, 9.17) is 9.47 Å². The number of halogens is 1. The maximum Gasteiger partial charge on any atom is 0.275 e. The molecule has 0 radical (unpaired) electrons. The second kappa shape index (κ2) is 8.86. The molecule has 3 atom stereocenters. The topological polar surface area (TPSA) is 74.6 Å². The highest BCUT2D eigenvalue weighted by Gasteiger charge is 2.51. The fourth-order valence-corrected chi connectivity index (χ4v) is 5.25. The summed E-state index contributed by atoms with van der Waals surface area (Å²) in [6.07, 6.45) is 3.28. The Hall–Kier alpha value is -3.39. The molecule has 1 amide bonds. The number of methoxy groups -OCH3 is 1. The van der Waals surface area contributed by atoms with E-state index in [0.717, 1.165) is 24.0 Å². The van der Waals surface area contributed by atoms with Gasteiger partial charge in [0, 0.05) is 18.0 Å². The first-order valence-electron chi connectivity index (χ1n) is 11.1. The molecule has 0 bridgehead atoms. The van der Waals surface area contributed by atoms with Gasteiger partial charge in [-0.3, -0.25) is 9.80 Å². The van der Waals surface area contributed by atoms with Gasteiger partial charge in [0.2, 0.25) is 0 Å². The lowest BCUT2D eigenvalue weighted by Crippen LogP contribution is -2.59. The van der Waals surface area contributed by atoms with E-state index in [0.29, 0.717) is 12.3 Å². The SMILES string of the molecule is COc1ccccc1[C@@H](c1ccc(F)cc1)[C@H]1[C@H]2CCCN2C(=O)/C2=C(\O)COC/C=N\N21. The summed E-state index contributed by atoms with van der Waals surface area (Å²) in [6, 6.07) is 13.7. The number of carbonyl (C=O) groups is 1. The smallest absolute Gasteiger partial charge is 0.275 e. The van der Waals surface area contributed by atoms with Crippen LogP contribution in [0.25, 0.3) is 0 Å². The minimum Gasteiger partial charge on any atom is -0.507 e. The molecule has 172 valence electrons. The summed E-state index contributed by atoms with van der Waals surface area (Å²) in [6.45, 7) is 0.765. The molecule has 0 aliphatic carbocycles. The average molecular weight is 451 g/mol. The van der Waals surface area contributed by atoms with Gasteiger partial charge >= 0.3 is 0 Å². The Labute approximate surface area is 191 Å². The number of benzene rings is 2. The number of fused-ring (bicyclic) bond motifs is 2. The molecule has 2 aromatic carbocycles. The van der Waals surface area contributed by atoms with Crippen molar-refractivity contribution in [1.29, 1.82) is 0 Å². The third-order valence-electron chi connectivity index (χ3n) is 6.62. The Kier molecular flexibility index (Phi) is 5.76. The van der Waals surface area contributed by atoms with Crippen molar-refractivity contribution in [3.8, 4) is 5.75 Å². The highest BCUT2D eigenvalue weighted by molar-refractivity contribution is 5.95. The van der Waals surface area contributed by atoms with Gasteiger partial charge in [-0.2, -0.15) is 5.10 Å². The molecule has 0 spiro atoms. The molecule has 5 rings (SSSR count). The number of para-hydroxylation sites is 1. The van der Waals surface area contributed by atoms with Crippen LogP contribution in [-0.4, -0.2) is 66.1 Å². The van der Waals surface area contributed by atoms with E-state index < -0.39 is 0 Å². The molecule has 2 saturated heterocycles. The van der Waals surface area contributed by atoms with E-state index in [1.54, 1.807) is 30.5 Å². The molecule has 0 unspecified atom stereocenters. The molecule has 3 heterocycles. The van der Waals surface area contributed by atoms with Crippen molar-refractivity contribution in [2.75, 3.05) is 26.9 Å². The number of hydrogen-bond acceptors (Lipinski definition) is 6. The quantitative estimate of drug-likeness (QED) is 0.771. The lowest BCUT2D eigenvalue weighted by atomic mass is 9.79. The monoisotopic (exact) mass is 451 g/mol. The number of aliphatic hydroxyl groups excluding tert-OH is 1. The van der Waals surface area contributed by atoms with Crippen molar-refractivity contribution in [3.05, 3.63) is 76.9 Å². The summed E-state index contributed by atoms with van der Waals surface area (Å²) < 4.78 is 25.0. The van der Waals surface area contributed by atoms with E-state index >= 15 is 0 Å². The lowest BCUT2D eigenvalue weighted by molar-refractivity contribution is -0.136. The first kappa shape index (κ1) is 21.5. The lowest BCUT2D eigenvalue weighted by Gasteiger charge is -2.47. The van der Waals surface area contributed by atoms with Gasteiger partial charge in [0.15, 0.2) is 5.70 Å². The fraction of sp³-hybridized carbons (Fsp3) is 0.360. The molecule has 3 aliphatic rings. The third kappa shape index (κ3) is 3.74. The molecule has 0 saturated carbocycles. The highest BCUT2D eigenvalue weighted by atomic mass is 19.1. The zero-order valence-corrected chi connectivity index (χ0v) is 18.4. The predicted octanol–water partition coefficient (Wildman–Crippen LogP) is 3.43. The Bertz CT molecular complexity index is 1100. The summed E-state index contributed by atoms with van der Waals surface area (Å²) in [5.74, 6) is -0.307. The number of amides is 1. The van der Waals surface area contributed by atoms with Crippen LogP contribution in [0, 0.1) is 5.82 Å². The number of ether oxygens (including phenoxy) is 2. The summed E-state index contributed by atoms with van der Waals surface area (Å²) in [4.78, 5) is 15.2. The summed E-state index contributed by atoms with van der Waals surface area (Å²) in [5.41, 5.74) is 1.92. The number of hydrogen-bond donors (Lipinski definition) is 1. The summed E-state index contributed by atoms with van der Waals surface area (Å²) in [7, 11) is 1.62. The zero-order valence-electron chi connectivity index (χ0n) is 18.4. The van der Waals surface area contributed by atoms with Crippen molar-refractivity contribution >= 4 is 12.1 Å². The summed E-state index contributed by atoms with van der Waals surface area (Å²) in [5, 5.41) is 17.1. The highest BCUT2D eigenvalue weighted by Crippen LogP contribution is 2.45. The first-order valence-corrected chi connectivity index (χ1v) is 11.1. The molecule has 8 heteroatoms. The molecule has 33 heavy (non-hydrogen) atoms. The molecule has 7 nitrogen and oxygen atoms in total. The molecular weight excluding hydrogens is 425 g/mol. The maximum atomic E-state index is 13.9. The number of rotatable bonds is 4. The van der Waals surface area contributed by atoms with Crippen molar-refractivity contribution in [3.63, 3.8) is 0 Å². The van der Waals surface area contributed by atoms with Crippen LogP contribution >= 0.6 is 0 Å². The second-order valence-corrected chi connectivity index (χ2v) is 8.42. The largest absolute Gasteiger partial charge is 0.507 e.